The Morgan fingerprint density at radius 3 is 1.76 bits per heavy atom. The molecule has 0 spiro atoms. The fraction of sp³-hybridized carbons (Fsp3) is 0.304. The molecule has 0 amide bonds. The van der Waals surface area contributed by atoms with E-state index < -0.39 is 0 Å². The number of hydrogen-bond donors (Lipinski definition) is 0. The number of rotatable bonds is 7. The van der Waals surface area contributed by atoms with Crippen LogP contribution in [-0.2, 0) is 41.0 Å². The van der Waals surface area contributed by atoms with E-state index in [-0.39, 0.29) is 27.7 Å². The molecule has 0 saturated carbocycles. The van der Waals surface area contributed by atoms with Crippen LogP contribution in [0, 0.1) is 3.80 Å². The molecule has 3 aromatic heterocycles. The molecular weight excluding hydrogens is 1100 g/mol. The number of aromatic nitrogens is 4. The number of imidazole rings is 1. The van der Waals surface area contributed by atoms with Crippen molar-refractivity contribution in [2.24, 2.45) is 0 Å². The number of ether oxygens (including phenoxy) is 1. The summed E-state index contributed by atoms with van der Waals surface area (Å²) in [4.78, 5) is 5.00. The van der Waals surface area contributed by atoms with Crippen LogP contribution in [0.1, 0.15) is 148 Å². The van der Waals surface area contributed by atoms with Crippen molar-refractivity contribution in [3.05, 3.63) is 201 Å². The van der Waals surface area contributed by atoms with Gasteiger partial charge in [0.15, 0.2) is 0 Å². The maximum absolute atomic E-state index is 7.05. The number of nitrogens with zero attached hydrogens (tertiary/aromatic N) is 4. The van der Waals surface area contributed by atoms with Gasteiger partial charge in [-0.05, 0) is 46.2 Å². The Morgan fingerprint density at radius 1 is 0.467 bits per heavy atom. The molecule has 0 fully saturated rings. The van der Waals surface area contributed by atoms with E-state index in [9.17, 15) is 0 Å². The fourth-order valence-electron chi connectivity index (χ4n) is 11.4. The predicted octanol–water partition coefficient (Wildman–Crippen LogP) is 18.8. The maximum atomic E-state index is 7.05. The van der Waals surface area contributed by atoms with Gasteiger partial charge in [0, 0.05) is 6.20 Å². The summed E-state index contributed by atoms with van der Waals surface area (Å²) in [7, 11) is 0. The number of para-hydroxylation sites is 3. The zero-order valence-corrected chi connectivity index (χ0v) is 48.4. The molecule has 5 nitrogen and oxygen atoms in total. The second kappa shape index (κ2) is 18.6. The van der Waals surface area contributed by atoms with Crippen LogP contribution in [0.25, 0.3) is 66.6 Å². The van der Waals surface area contributed by atoms with E-state index in [0.717, 1.165) is 45.0 Å². The molecule has 7 aromatic carbocycles. The SMILES string of the molecule is CC1CCC(n2[c](=[Pt])n(-c3c(-c4ccccc4)cccc3-c3cc(C(C)(C)C)cc(C(C)(C)C)c3)c3ccccc32)c2cc(Oc3ccc4c5cc(C(C)(C)C)ccc5n(-c5cc(C(C)(C)C)ccn5)c4c3)ccc21. The van der Waals surface area contributed by atoms with Gasteiger partial charge < -0.3 is 0 Å². The number of benzene rings is 7. The van der Waals surface area contributed by atoms with Gasteiger partial charge in [0.2, 0.25) is 0 Å². The van der Waals surface area contributed by atoms with Crippen molar-refractivity contribution < 1.29 is 24.1 Å². The topological polar surface area (TPSA) is 36.9 Å². The summed E-state index contributed by atoms with van der Waals surface area (Å²) in [6, 6.07) is 59.0. The summed E-state index contributed by atoms with van der Waals surface area (Å²) in [5.41, 5.74) is 18.5. The summed E-state index contributed by atoms with van der Waals surface area (Å²) < 4.78 is 15.7. The Balaban J connectivity index is 1.07. The first-order chi connectivity index (χ1) is 35.5. The van der Waals surface area contributed by atoms with Crippen LogP contribution >= 0.6 is 0 Å². The van der Waals surface area contributed by atoms with Crippen molar-refractivity contribution in [1.29, 1.82) is 0 Å². The Labute approximate surface area is 455 Å². The van der Waals surface area contributed by atoms with Crippen molar-refractivity contribution >= 4 is 32.8 Å². The van der Waals surface area contributed by atoms with Crippen LogP contribution in [0.3, 0.4) is 0 Å². The normalized spacial score (nSPS) is 15.5. The summed E-state index contributed by atoms with van der Waals surface area (Å²) in [5, 5.41) is 2.40. The van der Waals surface area contributed by atoms with Gasteiger partial charge in [-0.1, -0.05) is 47.6 Å². The molecule has 6 heteroatoms. The van der Waals surface area contributed by atoms with Crippen LogP contribution in [0.4, 0.5) is 0 Å². The van der Waals surface area contributed by atoms with Crippen LogP contribution < -0.4 is 4.74 Å². The fourth-order valence-corrected chi connectivity index (χ4v) is 12.6. The van der Waals surface area contributed by atoms with E-state index >= 15 is 0 Å². The monoisotopic (exact) mass is 1170 g/mol. The molecule has 384 valence electrons. The quantitative estimate of drug-likeness (QED) is 0.159. The molecule has 11 rings (SSSR count). The number of fused-ring (bicyclic) bond motifs is 5. The summed E-state index contributed by atoms with van der Waals surface area (Å²) in [6.45, 7) is 30.0. The van der Waals surface area contributed by atoms with Gasteiger partial charge in [0.1, 0.15) is 0 Å². The van der Waals surface area contributed by atoms with Gasteiger partial charge >= 0.3 is 353 Å². The van der Waals surface area contributed by atoms with E-state index in [0.29, 0.717) is 5.92 Å². The van der Waals surface area contributed by atoms with Gasteiger partial charge in [-0.3, -0.25) is 0 Å². The van der Waals surface area contributed by atoms with E-state index in [1.54, 1.807) is 0 Å². The third-order valence-corrected chi connectivity index (χ3v) is 16.9. The second-order valence-electron chi connectivity index (χ2n) is 25.3. The Hall–Kier alpha value is -6.55. The van der Waals surface area contributed by atoms with Crippen LogP contribution in [-0.4, -0.2) is 18.7 Å². The molecule has 0 saturated heterocycles. The Morgan fingerprint density at radius 2 is 1.08 bits per heavy atom. The standard InChI is InChI=1S/C69H72N4O.Pt/c1-44-26-32-59(58-41-51(28-30-53(44)58)74-52-29-31-56-57-39-47(66(2,3)4)27-33-60(57)73(63(56)42-52)64-40-48(34-35-70-64)67(5,6)7)71-43-72(62-25-18-17-24-61(62)71)65-54(45-20-15-14-16-21-45)22-19-23-55(65)46-36-49(68(8,9)10)38-50(37-46)69(11,12)13;/h14-25,27-31,33-42,44,59H,26,32H2,1-13H3;. The first-order valence-electron chi connectivity index (χ1n) is 26.9. The zero-order chi connectivity index (χ0) is 52.9. The zero-order valence-electron chi connectivity index (χ0n) is 46.2. The van der Waals surface area contributed by atoms with Crippen LogP contribution in [0.15, 0.2) is 164 Å². The average Bonchev–Trinajstić information content (AvgIpc) is 3.88. The average molecular weight is 1170 g/mol. The van der Waals surface area contributed by atoms with Gasteiger partial charge in [0.25, 0.3) is 0 Å². The van der Waals surface area contributed by atoms with Crippen molar-refractivity contribution in [2.75, 3.05) is 0 Å². The molecule has 0 aliphatic heterocycles. The Kier molecular flexibility index (Phi) is 12.6. The molecule has 2 unspecified atom stereocenters. The first kappa shape index (κ1) is 50.6. The first-order valence-corrected chi connectivity index (χ1v) is 28.1. The molecule has 75 heavy (non-hydrogen) atoms. The minimum absolute atomic E-state index is 0.00781. The van der Waals surface area contributed by atoms with Crippen molar-refractivity contribution in [3.63, 3.8) is 0 Å². The predicted molar refractivity (Wildman–Crippen MR) is 311 cm³/mol. The van der Waals surface area contributed by atoms with E-state index in [4.69, 9.17) is 9.72 Å². The summed E-state index contributed by atoms with van der Waals surface area (Å²) >= 11 is 2.64. The third-order valence-electron chi connectivity index (χ3n) is 15.9. The minimum atomic E-state index is -0.0294. The molecular formula is C69H72N4OPt. The summed E-state index contributed by atoms with van der Waals surface area (Å²) in [6.07, 6.45) is 4.05. The van der Waals surface area contributed by atoms with Gasteiger partial charge in [0.05, 0.1) is 0 Å². The van der Waals surface area contributed by atoms with Crippen LogP contribution in [0.5, 0.6) is 11.5 Å². The van der Waals surface area contributed by atoms with E-state index in [1.807, 2.05) is 6.20 Å². The molecule has 10 aromatic rings. The van der Waals surface area contributed by atoms with Crippen LogP contribution in [0.2, 0.25) is 0 Å². The van der Waals surface area contributed by atoms with Gasteiger partial charge in [-0.2, -0.15) is 0 Å². The van der Waals surface area contributed by atoms with E-state index in [1.165, 1.54) is 83.1 Å². The third kappa shape index (κ3) is 9.28. The molecule has 1 aliphatic carbocycles. The Bertz CT molecular complexity index is 3860. The summed E-state index contributed by atoms with van der Waals surface area (Å²) in [5.74, 6) is 2.95. The molecule has 0 radical (unpaired) electrons. The number of hydrogen-bond acceptors (Lipinski definition) is 2. The molecule has 0 N–H and O–H groups in total. The number of pyridine rings is 1. The van der Waals surface area contributed by atoms with Gasteiger partial charge in [-0.15, -0.1) is 0 Å². The van der Waals surface area contributed by atoms with Crippen molar-refractivity contribution in [1.82, 2.24) is 18.7 Å². The second-order valence-corrected chi connectivity index (χ2v) is 26.4. The molecule has 3 heterocycles. The van der Waals surface area contributed by atoms with E-state index in [2.05, 4.69) is 281 Å². The molecule has 2 atom stereocenters. The van der Waals surface area contributed by atoms with Crippen molar-refractivity contribution in [2.45, 2.75) is 136 Å². The van der Waals surface area contributed by atoms with Gasteiger partial charge in [-0.25, -0.2) is 4.98 Å². The molecule has 0 bridgehead atoms. The van der Waals surface area contributed by atoms with Crippen molar-refractivity contribution in [3.8, 4) is 45.3 Å². The molecule has 1 aliphatic rings.